The second-order valence-electron chi connectivity index (χ2n) is 3.33. The quantitative estimate of drug-likeness (QED) is 0.712. The van der Waals surface area contributed by atoms with E-state index in [0.717, 1.165) is 12.8 Å². The minimum absolute atomic E-state index is 0.0469. The summed E-state index contributed by atoms with van der Waals surface area (Å²) in [5.74, 6) is -0.745. The molecule has 80 valence electrons. The minimum Gasteiger partial charge on any atom is -0.481 e. The van der Waals surface area contributed by atoms with Crippen LogP contribution >= 0.6 is 0 Å². The van der Waals surface area contributed by atoms with Gasteiger partial charge in [-0.25, -0.2) is 0 Å². The first-order valence-corrected chi connectivity index (χ1v) is 4.89. The standard InChI is InChI=1S/C8H13N.C3H6O2/c1-2-8(9)6-4-3-5-7-8;1-2-3(4)5/h3-6H,2,7,9H2,1H3;2H2,1H3,(H,4,5)/t8-;/m0./s1. The second kappa shape index (κ2) is 6.38. The van der Waals surface area contributed by atoms with Gasteiger partial charge in [0.15, 0.2) is 0 Å². The maximum absolute atomic E-state index is 9.37. The average molecular weight is 197 g/mol. The van der Waals surface area contributed by atoms with Gasteiger partial charge in [-0.1, -0.05) is 38.2 Å². The van der Waals surface area contributed by atoms with Crippen LogP contribution < -0.4 is 5.73 Å². The summed E-state index contributed by atoms with van der Waals surface area (Å²) in [5.41, 5.74) is 5.87. The molecule has 0 saturated heterocycles. The molecule has 0 spiro atoms. The van der Waals surface area contributed by atoms with Gasteiger partial charge in [0.25, 0.3) is 0 Å². The molecular formula is C11H19NO2. The molecule has 1 aliphatic carbocycles. The van der Waals surface area contributed by atoms with Crippen LogP contribution in [0, 0.1) is 0 Å². The highest BCUT2D eigenvalue weighted by molar-refractivity contribution is 5.66. The van der Waals surface area contributed by atoms with Crippen molar-refractivity contribution >= 4 is 5.97 Å². The van der Waals surface area contributed by atoms with Gasteiger partial charge in [0.2, 0.25) is 0 Å². The molecule has 0 bridgehead atoms. The van der Waals surface area contributed by atoms with Crippen molar-refractivity contribution in [2.24, 2.45) is 5.73 Å². The average Bonchev–Trinajstić information content (AvgIpc) is 2.20. The van der Waals surface area contributed by atoms with Crippen LogP contribution in [0.2, 0.25) is 0 Å². The summed E-state index contributed by atoms with van der Waals surface area (Å²) in [5, 5.41) is 7.72. The van der Waals surface area contributed by atoms with E-state index >= 15 is 0 Å². The van der Waals surface area contributed by atoms with Gasteiger partial charge < -0.3 is 10.8 Å². The van der Waals surface area contributed by atoms with Crippen LogP contribution in [0.15, 0.2) is 24.3 Å². The van der Waals surface area contributed by atoms with E-state index in [-0.39, 0.29) is 12.0 Å². The fourth-order valence-corrected chi connectivity index (χ4v) is 0.943. The number of carbonyl (C=O) groups is 1. The van der Waals surface area contributed by atoms with Crippen molar-refractivity contribution in [3.05, 3.63) is 24.3 Å². The minimum atomic E-state index is -0.745. The smallest absolute Gasteiger partial charge is 0.303 e. The highest BCUT2D eigenvalue weighted by atomic mass is 16.4. The first-order chi connectivity index (χ1) is 6.54. The Labute approximate surface area is 85.3 Å². The summed E-state index contributed by atoms with van der Waals surface area (Å²) >= 11 is 0. The lowest BCUT2D eigenvalue weighted by Crippen LogP contribution is -2.36. The molecule has 14 heavy (non-hydrogen) atoms. The summed E-state index contributed by atoms with van der Waals surface area (Å²) in [7, 11) is 0. The Bertz CT molecular complexity index is 233. The Hall–Kier alpha value is -1.09. The van der Waals surface area contributed by atoms with Gasteiger partial charge in [-0.15, -0.1) is 0 Å². The van der Waals surface area contributed by atoms with Gasteiger partial charge in [0.1, 0.15) is 0 Å². The number of nitrogens with two attached hydrogens (primary N) is 1. The van der Waals surface area contributed by atoms with Gasteiger partial charge in [-0.05, 0) is 12.8 Å². The predicted octanol–water partition coefficient (Wildman–Crippen LogP) is 2.09. The molecule has 0 saturated carbocycles. The topological polar surface area (TPSA) is 63.3 Å². The maximum Gasteiger partial charge on any atom is 0.303 e. The van der Waals surface area contributed by atoms with Gasteiger partial charge in [-0.3, -0.25) is 4.79 Å². The summed E-state index contributed by atoms with van der Waals surface area (Å²) in [6.07, 6.45) is 10.5. The van der Waals surface area contributed by atoms with Gasteiger partial charge in [-0.2, -0.15) is 0 Å². The molecule has 0 aliphatic heterocycles. The van der Waals surface area contributed by atoms with E-state index in [1.165, 1.54) is 0 Å². The Kier molecular flexibility index (Phi) is 5.88. The van der Waals surface area contributed by atoms with Crippen LogP contribution in [0.1, 0.15) is 33.1 Å². The van der Waals surface area contributed by atoms with Crippen molar-refractivity contribution in [1.82, 2.24) is 0 Å². The molecule has 1 aliphatic rings. The summed E-state index contributed by atoms with van der Waals surface area (Å²) < 4.78 is 0. The maximum atomic E-state index is 9.37. The van der Waals surface area contributed by atoms with E-state index in [1.54, 1.807) is 6.92 Å². The van der Waals surface area contributed by atoms with Crippen molar-refractivity contribution in [3.63, 3.8) is 0 Å². The fourth-order valence-electron chi connectivity index (χ4n) is 0.943. The Morgan fingerprint density at radius 3 is 2.29 bits per heavy atom. The molecule has 3 N–H and O–H groups in total. The van der Waals surface area contributed by atoms with Gasteiger partial charge in [0.05, 0.1) is 0 Å². The molecular weight excluding hydrogens is 178 g/mol. The zero-order valence-electron chi connectivity index (χ0n) is 8.86. The SMILES string of the molecule is CCC(=O)O.CC[C@]1(N)C=CC=CC1. The van der Waals surface area contributed by atoms with Crippen LogP contribution in [0.25, 0.3) is 0 Å². The molecule has 0 unspecified atom stereocenters. The molecule has 0 aromatic heterocycles. The Balaban J connectivity index is 0.000000292. The van der Waals surface area contributed by atoms with Crippen LogP contribution in [0.5, 0.6) is 0 Å². The number of carboxylic acids is 1. The van der Waals surface area contributed by atoms with E-state index in [0.29, 0.717) is 0 Å². The lowest BCUT2D eigenvalue weighted by molar-refractivity contribution is -0.136. The van der Waals surface area contributed by atoms with Crippen molar-refractivity contribution < 1.29 is 9.90 Å². The molecule has 0 radical (unpaired) electrons. The van der Waals surface area contributed by atoms with Crippen molar-refractivity contribution in [2.75, 3.05) is 0 Å². The molecule has 0 amide bonds. The third-order valence-corrected chi connectivity index (χ3v) is 2.13. The largest absolute Gasteiger partial charge is 0.481 e. The highest BCUT2D eigenvalue weighted by Gasteiger charge is 2.17. The highest BCUT2D eigenvalue weighted by Crippen LogP contribution is 2.17. The number of carboxylic acid groups (broad SMARTS) is 1. The molecule has 3 heteroatoms. The third-order valence-electron chi connectivity index (χ3n) is 2.13. The first kappa shape index (κ1) is 12.9. The lowest BCUT2D eigenvalue weighted by Gasteiger charge is -2.23. The fraction of sp³-hybridized carbons (Fsp3) is 0.545. The molecule has 1 atom stereocenters. The second-order valence-corrected chi connectivity index (χ2v) is 3.33. The van der Waals surface area contributed by atoms with E-state index in [1.807, 2.05) is 12.2 Å². The number of allylic oxidation sites excluding steroid dienone is 2. The molecule has 0 heterocycles. The van der Waals surface area contributed by atoms with Gasteiger partial charge in [0, 0.05) is 12.0 Å². The Morgan fingerprint density at radius 2 is 2.07 bits per heavy atom. The van der Waals surface area contributed by atoms with Crippen LogP contribution in [0.3, 0.4) is 0 Å². The summed E-state index contributed by atoms with van der Waals surface area (Å²) in [6.45, 7) is 3.71. The van der Waals surface area contributed by atoms with E-state index < -0.39 is 5.97 Å². The molecule has 0 aromatic rings. The van der Waals surface area contributed by atoms with Crippen molar-refractivity contribution in [3.8, 4) is 0 Å². The van der Waals surface area contributed by atoms with E-state index in [2.05, 4.69) is 19.1 Å². The molecule has 1 rings (SSSR count). The van der Waals surface area contributed by atoms with Crippen LogP contribution in [-0.2, 0) is 4.79 Å². The third kappa shape index (κ3) is 5.54. The van der Waals surface area contributed by atoms with Crippen LogP contribution in [0.4, 0.5) is 0 Å². The summed E-state index contributed by atoms with van der Waals surface area (Å²) in [6, 6.07) is 0. The number of rotatable bonds is 2. The van der Waals surface area contributed by atoms with Crippen molar-refractivity contribution in [2.45, 2.75) is 38.6 Å². The zero-order valence-corrected chi connectivity index (χ0v) is 8.86. The lowest BCUT2D eigenvalue weighted by atomic mass is 9.90. The summed E-state index contributed by atoms with van der Waals surface area (Å²) in [4.78, 5) is 9.37. The van der Waals surface area contributed by atoms with E-state index in [4.69, 9.17) is 10.8 Å². The number of aliphatic carboxylic acids is 1. The predicted molar refractivity (Wildman–Crippen MR) is 58.0 cm³/mol. The first-order valence-electron chi connectivity index (χ1n) is 4.89. The molecule has 0 aromatic carbocycles. The van der Waals surface area contributed by atoms with Crippen molar-refractivity contribution in [1.29, 1.82) is 0 Å². The van der Waals surface area contributed by atoms with E-state index in [9.17, 15) is 4.79 Å². The number of hydrogen-bond donors (Lipinski definition) is 2. The Morgan fingerprint density at radius 1 is 1.50 bits per heavy atom. The normalized spacial score (nSPS) is 23.9. The molecule has 3 nitrogen and oxygen atoms in total. The molecule has 0 fully saturated rings. The monoisotopic (exact) mass is 197 g/mol. The zero-order chi connectivity index (χ0) is 11.0. The van der Waals surface area contributed by atoms with Crippen LogP contribution in [-0.4, -0.2) is 16.6 Å². The number of hydrogen-bond acceptors (Lipinski definition) is 2. The van der Waals surface area contributed by atoms with Gasteiger partial charge >= 0.3 is 5.97 Å².